The summed E-state index contributed by atoms with van der Waals surface area (Å²) >= 11 is 0. The van der Waals surface area contributed by atoms with E-state index in [1.165, 1.54) is 24.3 Å². The van der Waals surface area contributed by atoms with Crippen molar-refractivity contribution < 1.29 is 22.8 Å². The molecular formula is C29H34N4O5S. The minimum absolute atomic E-state index is 0.0576. The molecule has 1 fully saturated rings. The lowest BCUT2D eigenvalue weighted by Gasteiger charge is -2.28. The zero-order valence-electron chi connectivity index (χ0n) is 22.1. The predicted octanol–water partition coefficient (Wildman–Crippen LogP) is 3.50. The fraction of sp³-hybridized carbons (Fsp3) is 0.310. The number of nitrogens with one attached hydrogen (secondary N) is 3. The van der Waals surface area contributed by atoms with E-state index in [-0.39, 0.29) is 16.4 Å². The first-order chi connectivity index (χ1) is 18.7. The van der Waals surface area contributed by atoms with E-state index in [4.69, 9.17) is 4.84 Å². The van der Waals surface area contributed by atoms with Gasteiger partial charge in [-0.2, -0.15) is 8.42 Å². The Bertz CT molecular complexity index is 1360. The third-order valence-corrected chi connectivity index (χ3v) is 8.12. The van der Waals surface area contributed by atoms with Gasteiger partial charge in [0.05, 0.1) is 10.6 Å². The standard InChI is InChI=1S/C29H34N4O5S/c1-29(2,28(35)31-21-22-17-19-30-20-18-22)32-27(34)23-13-15-26(16-14-23)39(36,37)33(24-9-5-3-6-10-24)38-25-11-7-4-8-12-25/h3-16,22,30H,17-21H2,1-2H3,(H,31,35)(H,32,34). The molecule has 10 heteroatoms. The zero-order valence-corrected chi connectivity index (χ0v) is 22.9. The lowest BCUT2D eigenvalue weighted by atomic mass is 9.97. The average molecular weight is 551 g/mol. The molecule has 3 N–H and O–H groups in total. The van der Waals surface area contributed by atoms with Gasteiger partial charge in [-0.05, 0) is 94.2 Å². The van der Waals surface area contributed by atoms with Crippen molar-refractivity contribution in [1.29, 1.82) is 0 Å². The number of sulfonamides is 1. The highest BCUT2D eigenvalue weighted by Gasteiger charge is 2.31. The maximum atomic E-state index is 13.6. The minimum atomic E-state index is -4.15. The average Bonchev–Trinajstić information content (AvgIpc) is 2.96. The summed E-state index contributed by atoms with van der Waals surface area (Å²) in [6.07, 6.45) is 2.00. The molecule has 3 aromatic rings. The first-order valence-corrected chi connectivity index (χ1v) is 14.4. The number of amides is 2. The first kappa shape index (κ1) is 28.1. The summed E-state index contributed by atoms with van der Waals surface area (Å²) < 4.78 is 28.0. The Kier molecular flexibility index (Phi) is 8.88. The summed E-state index contributed by atoms with van der Waals surface area (Å²) in [5, 5.41) is 9.00. The van der Waals surface area contributed by atoms with Crippen molar-refractivity contribution >= 4 is 27.5 Å². The number of anilines is 1. The zero-order chi connectivity index (χ0) is 27.9. The molecule has 0 aromatic heterocycles. The Morgan fingerprint density at radius 2 is 1.51 bits per heavy atom. The van der Waals surface area contributed by atoms with Crippen LogP contribution in [-0.4, -0.2) is 45.4 Å². The highest BCUT2D eigenvalue weighted by atomic mass is 32.2. The van der Waals surface area contributed by atoms with Crippen LogP contribution < -0.4 is 25.3 Å². The van der Waals surface area contributed by atoms with Gasteiger partial charge in [-0.15, -0.1) is 0 Å². The molecule has 1 aliphatic rings. The van der Waals surface area contributed by atoms with Crippen LogP contribution in [0.1, 0.15) is 37.0 Å². The van der Waals surface area contributed by atoms with Crippen molar-refractivity contribution in [3.05, 3.63) is 90.5 Å². The van der Waals surface area contributed by atoms with E-state index in [1.54, 1.807) is 74.5 Å². The number of para-hydroxylation sites is 2. The molecule has 0 aliphatic carbocycles. The van der Waals surface area contributed by atoms with E-state index in [2.05, 4.69) is 16.0 Å². The number of benzene rings is 3. The summed E-state index contributed by atoms with van der Waals surface area (Å²) in [4.78, 5) is 31.4. The van der Waals surface area contributed by atoms with Crippen LogP contribution in [0.4, 0.5) is 5.69 Å². The SMILES string of the molecule is CC(C)(NC(=O)c1ccc(S(=O)(=O)N(Oc2ccccc2)c2ccccc2)cc1)C(=O)NCC1CCNCC1. The monoisotopic (exact) mass is 550 g/mol. The molecule has 3 aromatic carbocycles. The third kappa shape index (κ3) is 7.15. The second-order valence-corrected chi connectivity index (χ2v) is 11.7. The third-order valence-electron chi connectivity index (χ3n) is 6.53. The summed E-state index contributed by atoms with van der Waals surface area (Å²) in [7, 11) is -4.15. The molecule has 0 radical (unpaired) electrons. The van der Waals surface area contributed by atoms with Gasteiger partial charge < -0.3 is 20.8 Å². The molecule has 0 spiro atoms. The van der Waals surface area contributed by atoms with Crippen molar-refractivity contribution in [2.75, 3.05) is 24.1 Å². The van der Waals surface area contributed by atoms with Crippen molar-refractivity contribution in [2.45, 2.75) is 37.1 Å². The number of piperidine rings is 1. The van der Waals surface area contributed by atoms with E-state index in [0.717, 1.165) is 30.4 Å². The lowest BCUT2D eigenvalue weighted by Crippen LogP contribution is -2.55. The fourth-order valence-corrected chi connectivity index (χ4v) is 5.45. The van der Waals surface area contributed by atoms with Crippen molar-refractivity contribution in [2.24, 2.45) is 5.92 Å². The number of carbonyl (C=O) groups excluding carboxylic acids is 2. The number of carbonyl (C=O) groups is 2. The van der Waals surface area contributed by atoms with Crippen LogP contribution in [0, 0.1) is 5.92 Å². The van der Waals surface area contributed by atoms with Crippen LogP contribution >= 0.6 is 0 Å². The lowest BCUT2D eigenvalue weighted by molar-refractivity contribution is -0.126. The molecule has 0 atom stereocenters. The van der Waals surface area contributed by atoms with E-state index < -0.39 is 21.5 Å². The predicted molar refractivity (Wildman–Crippen MR) is 150 cm³/mol. The van der Waals surface area contributed by atoms with Gasteiger partial charge in [-0.3, -0.25) is 9.59 Å². The number of hydrogen-bond donors (Lipinski definition) is 3. The van der Waals surface area contributed by atoms with E-state index in [0.29, 0.717) is 23.9 Å². The van der Waals surface area contributed by atoms with Gasteiger partial charge in [0.25, 0.3) is 15.9 Å². The van der Waals surface area contributed by atoms with Gasteiger partial charge in [0.2, 0.25) is 5.91 Å². The van der Waals surface area contributed by atoms with Crippen LogP contribution in [0.2, 0.25) is 0 Å². The molecule has 9 nitrogen and oxygen atoms in total. The first-order valence-electron chi connectivity index (χ1n) is 12.9. The van der Waals surface area contributed by atoms with Gasteiger partial charge in [0.1, 0.15) is 5.54 Å². The number of rotatable bonds is 10. The normalized spacial score (nSPS) is 14.3. The van der Waals surface area contributed by atoms with Crippen molar-refractivity contribution in [3.8, 4) is 5.75 Å². The van der Waals surface area contributed by atoms with Gasteiger partial charge in [-0.25, -0.2) is 0 Å². The summed E-state index contributed by atoms with van der Waals surface area (Å²) in [6, 6.07) is 22.6. The van der Waals surface area contributed by atoms with E-state index in [9.17, 15) is 18.0 Å². The van der Waals surface area contributed by atoms with Crippen LogP contribution in [0.25, 0.3) is 0 Å². The Balaban J connectivity index is 1.46. The molecule has 39 heavy (non-hydrogen) atoms. The molecule has 1 saturated heterocycles. The molecule has 0 unspecified atom stereocenters. The molecule has 4 rings (SSSR count). The minimum Gasteiger partial charge on any atom is -0.364 e. The smallest absolute Gasteiger partial charge is 0.295 e. The fourth-order valence-electron chi connectivity index (χ4n) is 4.20. The second-order valence-electron chi connectivity index (χ2n) is 9.98. The van der Waals surface area contributed by atoms with E-state index >= 15 is 0 Å². The Morgan fingerprint density at radius 1 is 0.923 bits per heavy atom. The maximum absolute atomic E-state index is 13.6. The van der Waals surface area contributed by atoms with Crippen molar-refractivity contribution in [3.63, 3.8) is 0 Å². The largest absolute Gasteiger partial charge is 0.364 e. The summed E-state index contributed by atoms with van der Waals surface area (Å²) in [6.45, 7) is 5.72. The Labute approximate surface area is 229 Å². The summed E-state index contributed by atoms with van der Waals surface area (Å²) in [5.74, 6) is 0.00524. The number of nitrogens with zero attached hydrogens (tertiary/aromatic N) is 1. The van der Waals surface area contributed by atoms with Gasteiger partial charge in [0, 0.05) is 12.1 Å². The molecular weight excluding hydrogens is 516 g/mol. The molecule has 2 amide bonds. The molecule has 206 valence electrons. The van der Waals surface area contributed by atoms with Crippen LogP contribution in [0.3, 0.4) is 0 Å². The molecule has 1 aliphatic heterocycles. The van der Waals surface area contributed by atoms with Gasteiger partial charge in [-0.1, -0.05) is 40.9 Å². The molecule has 0 bridgehead atoms. The topological polar surface area (TPSA) is 117 Å². The Morgan fingerprint density at radius 3 is 2.13 bits per heavy atom. The molecule has 0 saturated carbocycles. The number of hydrogen-bond acceptors (Lipinski definition) is 6. The quantitative estimate of drug-likeness (QED) is 0.333. The van der Waals surface area contributed by atoms with Crippen LogP contribution in [-0.2, 0) is 14.8 Å². The maximum Gasteiger partial charge on any atom is 0.295 e. The second kappa shape index (κ2) is 12.3. The van der Waals surface area contributed by atoms with Crippen molar-refractivity contribution in [1.82, 2.24) is 16.0 Å². The Hall–Kier alpha value is -3.89. The van der Waals surface area contributed by atoms with Crippen LogP contribution in [0.15, 0.2) is 89.8 Å². The van der Waals surface area contributed by atoms with Gasteiger partial charge in [0.15, 0.2) is 5.75 Å². The van der Waals surface area contributed by atoms with Crippen LogP contribution in [0.5, 0.6) is 5.75 Å². The van der Waals surface area contributed by atoms with Gasteiger partial charge >= 0.3 is 0 Å². The molecule has 1 heterocycles. The summed E-state index contributed by atoms with van der Waals surface area (Å²) in [5.41, 5.74) is -0.605. The highest BCUT2D eigenvalue weighted by Crippen LogP contribution is 2.26. The highest BCUT2D eigenvalue weighted by molar-refractivity contribution is 7.92. The van der Waals surface area contributed by atoms with E-state index in [1.807, 2.05) is 0 Å².